The second-order valence-electron chi connectivity index (χ2n) is 6.04. The van der Waals surface area contributed by atoms with Gasteiger partial charge in [-0.15, -0.1) is 0 Å². The fourth-order valence-electron chi connectivity index (χ4n) is 1.54. The van der Waals surface area contributed by atoms with Gasteiger partial charge in [-0.1, -0.05) is 25.7 Å². The Morgan fingerprint density at radius 3 is 2.38 bits per heavy atom. The molecule has 0 atom stereocenters. The summed E-state index contributed by atoms with van der Waals surface area (Å²) in [6.07, 6.45) is -5.44. The molecule has 120 valence electrons. The number of halogens is 4. The van der Waals surface area contributed by atoms with E-state index in [2.05, 4.69) is 19.6 Å². The molecule has 0 saturated carbocycles. The standard InChI is InChI=1S/C14H20F4O2Si/c1-21(2,3)7-6-19-10-20-13-8-11(4-5-12(13)15)9-14(16,17)18/h4-5,8H,6-7,9-10H2,1-3H3. The van der Waals surface area contributed by atoms with E-state index in [1.165, 1.54) is 0 Å². The number of ether oxygens (including phenoxy) is 2. The molecule has 1 aromatic rings. The average Bonchev–Trinajstić information content (AvgIpc) is 2.29. The summed E-state index contributed by atoms with van der Waals surface area (Å²) < 4.78 is 60.6. The van der Waals surface area contributed by atoms with Crippen molar-refractivity contribution in [2.45, 2.75) is 38.3 Å². The number of alkyl halides is 3. The van der Waals surface area contributed by atoms with Crippen LogP contribution < -0.4 is 4.74 Å². The first-order valence-corrected chi connectivity index (χ1v) is 10.3. The molecule has 7 heteroatoms. The van der Waals surface area contributed by atoms with Gasteiger partial charge in [-0.3, -0.25) is 0 Å². The molecule has 0 bridgehead atoms. The smallest absolute Gasteiger partial charge is 0.393 e. The zero-order valence-corrected chi connectivity index (χ0v) is 13.4. The molecule has 0 saturated heterocycles. The normalized spacial score (nSPS) is 12.5. The van der Waals surface area contributed by atoms with Crippen molar-refractivity contribution in [1.29, 1.82) is 0 Å². The van der Waals surface area contributed by atoms with Crippen molar-refractivity contribution in [2.24, 2.45) is 0 Å². The van der Waals surface area contributed by atoms with Crippen molar-refractivity contribution in [3.63, 3.8) is 0 Å². The van der Waals surface area contributed by atoms with Gasteiger partial charge in [0.2, 0.25) is 0 Å². The van der Waals surface area contributed by atoms with Gasteiger partial charge in [-0.05, 0) is 23.7 Å². The third-order valence-electron chi connectivity index (χ3n) is 2.69. The van der Waals surface area contributed by atoms with E-state index < -0.39 is 26.5 Å². The minimum Gasteiger partial charge on any atom is -0.464 e. The topological polar surface area (TPSA) is 18.5 Å². The molecule has 0 spiro atoms. The Labute approximate surface area is 123 Å². The Morgan fingerprint density at radius 2 is 1.81 bits per heavy atom. The van der Waals surface area contributed by atoms with Crippen LogP contribution in [-0.2, 0) is 11.2 Å². The Morgan fingerprint density at radius 1 is 1.14 bits per heavy atom. The van der Waals surface area contributed by atoms with Gasteiger partial charge in [0, 0.05) is 14.7 Å². The van der Waals surface area contributed by atoms with Crippen LogP contribution in [0.3, 0.4) is 0 Å². The molecule has 0 aliphatic rings. The summed E-state index contributed by atoms with van der Waals surface area (Å²) in [4.78, 5) is 0. The molecular weight excluding hydrogens is 304 g/mol. The lowest BCUT2D eigenvalue weighted by molar-refractivity contribution is -0.127. The Bertz CT molecular complexity index is 455. The van der Waals surface area contributed by atoms with Gasteiger partial charge in [0.1, 0.15) is 0 Å². The average molecular weight is 324 g/mol. The van der Waals surface area contributed by atoms with E-state index in [0.29, 0.717) is 6.61 Å². The predicted molar refractivity (Wildman–Crippen MR) is 75.8 cm³/mol. The van der Waals surface area contributed by atoms with Gasteiger partial charge < -0.3 is 9.47 Å². The molecule has 0 N–H and O–H groups in total. The summed E-state index contributed by atoms with van der Waals surface area (Å²) >= 11 is 0. The Hall–Kier alpha value is -1.08. The van der Waals surface area contributed by atoms with Crippen molar-refractivity contribution in [1.82, 2.24) is 0 Å². The van der Waals surface area contributed by atoms with Crippen molar-refractivity contribution in [3.05, 3.63) is 29.6 Å². The first-order valence-electron chi connectivity index (χ1n) is 6.62. The zero-order valence-electron chi connectivity index (χ0n) is 12.4. The molecular formula is C14H20F4O2Si. The zero-order chi connectivity index (χ0) is 16.1. The van der Waals surface area contributed by atoms with E-state index in [0.717, 1.165) is 24.2 Å². The van der Waals surface area contributed by atoms with Crippen LogP contribution in [0.2, 0.25) is 25.7 Å². The fourth-order valence-corrected chi connectivity index (χ4v) is 2.30. The molecule has 0 radical (unpaired) electrons. The SMILES string of the molecule is C[Si](C)(C)CCOCOc1cc(CC(F)(F)F)ccc1F. The third kappa shape index (κ3) is 8.06. The maximum Gasteiger partial charge on any atom is 0.393 e. The van der Waals surface area contributed by atoms with E-state index in [1.807, 2.05) is 0 Å². The second kappa shape index (κ2) is 7.26. The largest absolute Gasteiger partial charge is 0.464 e. The van der Waals surface area contributed by atoms with Gasteiger partial charge >= 0.3 is 6.18 Å². The summed E-state index contributed by atoms with van der Waals surface area (Å²) in [7, 11) is -1.21. The lowest BCUT2D eigenvalue weighted by Crippen LogP contribution is -2.22. The molecule has 0 amide bonds. The lowest BCUT2D eigenvalue weighted by Gasteiger charge is -2.16. The van der Waals surface area contributed by atoms with Gasteiger partial charge in [0.25, 0.3) is 0 Å². The van der Waals surface area contributed by atoms with E-state index >= 15 is 0 Å². The van der Waals surface area contributed by atoms with Crippen LogP contribution >= 0.6 is 0 Å². The maximum absolute atomic E-state index is 13.4. The van der Waals surface area contributed by atoms with Crippen molar-refractivity contribution < 1.29 is 27.0 Å². The van der Waals surface area contributed by atoms with E-state index in [9.17, 15) is 17.6 Å². The van der Waals surface area contributed by atoms with Crippen LogP contribution in [0.5, 0.6) is 5.75 Å². The minimum atomic E-state index is -4.33. The van der Waals surface area contributed by atoms with Gasteiger partial charge in [-0.25, -0.2) is 4.39 Å². The molecule has 0 fully saturated rings. The van der Waals surface area contributed by atoms with Crippen LogP contribution in [0.1, 0.15) is 5.56 Å². The minimum absolute atomic E-state index is 0.0407. The highest BCUT2D eigenvalue weighted by atomic mass is 28.3. The van der Waals surface area contributed by atoms with Gasteiger partial charge in [0.05, 0.1) is 6.42 Å². The first kappa shape index (κ1) is 18.0. The van der Waals surface area contributed by atoms with Gasteiger partial charge in [0.15, 0.2) is 18.4 Å². The van der Waals surface area contributed by atoms with Crippen LogP contribution in [-0.4, -0.2) is 27.6 Å². The van der Waals surface area contributed by atoms with Crippen molar-refractivity contribution in [3.8, 4) is 5.75 Å². The van der Waals surface area contributed by atoms with Gasteiger partial charge in [-0.2, -0.15) is 13.2 Å². The fraction of sp³-hybridized carbons (Fsp3) is 0.571. The van der Waals surface area contributed by atoms with Crippen molar-refractivity contribution in [2.75, 3.05) is 13.4 Å². The Kier molecular flexibility index (Phi) is 6.21. The number of hydrogen-bond acceptors (Lipinski definition) is 2. The first-order chi connectivity index (χ1) is 9.57. The van der Waals surface area contributed by atoms with Crippen molar-refractivity contribution >= 4 is 8.07 Å². The molecule has 0 aromatic heterocycles. The third-order valence-corrected chi connectivity index (χ3v) is 4.40. The monoisotopic (exact) mass is 324 g/mol. The van der Waals surface area contributed by atoms with Crippen LogP contribution in [0.25, 0.3) is 0 Å². The number of benzene rings is 1. The maximum atomic E-state index is 13.4. The molecule has 2 nitrogen and oxygen atoms in total. The highest BCUT2D eigenvalue weighted by Gasteiger charge is 2.28. The molecule has 1 aromatic carbocycles. The highest BCUT2D eigenvalue weighted by molar-refractivity contribution is 6.76. The number of rotatable bonds is 7. The molecule has 0 aliphatic carbocycles. The summed E-state index contributed by atoms with van der Waals surface area (Å²) in [6, 6.07) is 4.07. The van der Waals surface area contributed by atoms with E-state index in [4.69, 9.17) is 9.47 Å². The summed E-state index contributed by atoms with van der Waals surface area (Å²) in [5.41, 5.74) is -0.0407. The van der Waals surface area contributed by atoms with E-state index in [-0.39, 0.29) is 18.1 Å². The van der Waals surface area contributed by atoms with Crippen LogP contribution in [0.15, 0.2) is 18.2 Å². The number of hydrogen-bond donors (Lipinski definition) is 0. The molecule has 0 heterocycles. The predicted octanol–water partition coefficient (Wildman–Crippen LogP) is 4.62. The Balaban J connectivity index is 2.49. The highest BCUT2D eigenvalue weighted by Crippen LogP contribution is 2.25. The van der Waals surface area contributed by atoms with Crippen LogP contribution in [0.4, 0.5) is 17.6 Å². The molecule has 1 rings (SSSR count). The summed E-state index contributed by atoms with van der Waals surface area (Å²) in [5.74, 6) is -0.917. The quantitative estimate of drug-likeness (QED) is 0.315. The second-order valence-corrected chi connectivity index (χ2v) is 11.7. The van der Waals surface area contributed by atoms with Crippen LogP contribution in [0, 0.1) is 5.82 Å². The molecule has 0 aliphatic heterocycles. The van der Waals surface area contributed by atoms with E-state index in [1.54, 1.807) is 0 Å². The molecule has 0 unspecified atom stereocenters. The summed E-state index contributed by atoms with van der Waals surface area (Å²) in [5, 5.41) is 0. The summed E-state index contributed by atoms with van der Waals surface area (Å²) in [6.45, 7) is 6.91. The lowest BCUT2D eigenvalue weighted by atomic mass is 10.1. The molecule has 21 heavy (non-hydrogen) atoms.